The van der Waals surface area contributed by atoms with Crippen molar-refractivity contribution in [2.45, 2.75) is 13.8 Å². The van der Waals surface area contributed by atoms with Crippen molar-refractivity contribution in [2.75, 3.05) is 0 Å². The highest BCUT2D eigenvalue weighted by Gasteiger charge is 2.07. The van der Waals surface area contributed by atoms with Crippen molar-refractivity contribution >= 4 is 5.97 Å². The van der Waals surface area contributed by atoms with E-state index in [-0.39, 0.29) is 11.3 Å². The summed E-state index contributed by atoms with van der Waals surface area (Å²) in [6.07, 6.45) is 0. The van der Waals surface area contributed by atoms with Crippen molar-refractivity contribution in [2.24, 2.45) is 11.8 Å². The van der Waals surface area contributed by atoms with Gasteiger partial charge in [0.05, 0.1) is 5.92 Å². The molecular formula is C4H9N2O3-. The SMILES string of the molecule is CC(C)C(=O)ON(N)[O-]. The molecule has 0 heterocycles. The Morgan fingerprint density at radius 3 is 2.33 bits per heavy atom. The largest absolute Gasteiger partial charge is 0.738 e. The maximum atomic E-state index is 10.4. The second kappa shape index (κ2) is 3.39. The van der Waals surface area contributed by atoms with Crippen LogP contribution in [0.1, 0.15) is 13.8 Å². The number of rotatable bonds is 2. The van der Waals surface area contributed by atoms with Gasteiger partial charge >= 0.3 is 5.97 Å². The lowest BCUT2D eigenvalue weighted by molar-refractivity contribution is -0.183. The third kappa shape index (κ3) is 3.89. The lowest BCUT2D eigenvalue weighted by Crippen LogP contribution is -2.29. The molecule has 0 rings (SSSR count). The Balaban J connectivity index is 3.51. The van der Waals surface area contributed by atoms with Crippen LogP contribution in [-0.2, 0) is 9.63 Å². The standard InChI is InChI=1S/C4H9N2O3/c1-3(2)4(7)9-6(5)8/h3H,5H2,1-2H3/q-1. The van der Waals surface area contributed by atoms with E-state index in [2.05, 4.69) is 10.7 Å². The summed E-state index contributed by atoms with van der Waals surface area (Å²) in [6.45, 7) is 3.21. The van der Waals surface area contributed by atoms with Crippen LogP contribution in [0.15, 0.2) is 0 Å². The van der Waals surface area contributed by atoms with Gasteiger partial charge in [-0.3, -0.25) is 4.79 Å². The Bertz CT molecular complexity index is 102. The van der Waals surface area contributed by atoms with Gasteiger partial charge in [-0.05, 0) is 0 Å². The molecule has 0 spiro atoms. The molecule has 0 aliphatic heterocycles. The van der Waals surface area contributed by atoms with Gasteiger partial charge in [-0.15, -0.1) is 5.34 Å². The van der Waals surface area contributed by atoms with Crippen molar-refractivity contribution in [1.29, 1.82) is 0 Å². The van der Waals surface area contributed by atoms with E-state index in [0.29, 0.717) is 0 Å². The molecule has 0 aromatic carbocycles. The van der Waals surface area contributed by atoms with E-state index in [0.717, 1.165) is 0 Å². The minimum atomic E-state index is -0.632. The molecule has 0 unspecified atom stereocenters. The van der Waals surface area contributed by atoms with Crippen LogP contribution in [0.2, 0.25) is 0 Å². The molecule has 5 nitrogen and oxygen atoms in total. The van der Waals surface area contributed by atoms with Crippen LogP contribution >= 0.6 is 0 Å². The van der Waals surface area contributed by atoms with E-state index in [4.69, 9.17) is 0 Å². The van der Waals surface area contributed by atoms with Crippen LogP contribution < -0.4 is 5.84 Å². The molecule has 0 saturated carbocycles. The fourth-order valence-corrected chi connectivity index (χ4v) is 0.194. The Labute approximate surface area is 52.9 Å². The fourth-order valence-electron chi connectivity index (χ4n) is 0.194. The highest BCUT2D eigenvalue weighted by Crippen LogP contribution is 1.95. The zero-order valence-electron chi connectivity index (χ0n) is 5.33. The molecule has 0 aromatic heterocycles. The van der Waals surface area contributed by atoms with E-state index in [9.17, 15) is 10.0 Å². The highest BCUT2D eigenvalue weighted by molar-refractivity contribution is 5.71. The van der Waals surface area contributed by atoms with E-state index in [1.165, 1.54) is 0 Å². The Morgan fingerprint density at radius 1 is 1.78 bits per heavy atom. The number of carbonyl (C=O) groups is 1. The monoisotopic (exact) mass is 133 g/mol. The first-order chi connectivity index (χ1) is 4.04. The van der Waals surface area contributed by atoms with Gasteiger partial charge in [0.15, 0.2) is 0 Å². The van der Waals surface area contributed by atoms with Gasteiger partial charge in [-0.25, -0.2) is 5.84 Å². The predicted molar refractivity (Wildman–Crippen MR) is 30.3 cm³/mol. The minimum Gasteiger partial charge on any atom is -0.738 e. The van der Waals surface area contributed by atoms with Crippen LogP contribution in [0.3, 0.4) is 0 Å². The van der Waals surface area contributed by atoms with E-state index >= 15 is 0 Å². The molecule has 2 N–H and O–H groups in total. The minimum absolute atomic E-state index is 0.329. The van der Waals surface area contributed by atoms with Crippen molar-refractivity contribution in [3.63, 3.8) is 0 Å². The normalized spacial score (nSPS) is 10.4. The van der Waals surface area contributed by atoms with Crippen LogP contribution in [0, 0.1) is 11.1 Å². The molecule has 0 aliphatic carbocycles. The first kappa shape index (κ1) is 8.35. The van der Waals surface area contributed by atoms with Crippen molar-refractivity contribution in [3.05, 3.63) is 5.21 Å². The second-order valence-electron chi connectivity index (χ2n) is 1.85. The quantitative estimate of drug-likeness (QED) is 0.416. The molecule has 0 atom stereocenters. The lowest BCUT2D eigenvalue weighted by Gasteiger charge is -2.20. The third-order valence-electron chi connectivity index (χ3n) is 0.651. The van der Waals surface area contributed by atoms with Gasteiger partial charge in [0.1, 0.15) is 0 Å². The summed E-state index contributed by atoms with van der Waals surface area (Å²) >= 11 is 0. The van der Waals surface area contributed by atoms with Gasteiger partial charge in [0, 0.05) is 0 Å². The molecule has 0 radical (unpaired) electrons. The maximum absolute atomic E-state index is 10.4. The predicted octanol–water partition coefficient (Wildman–Crippen LogP) is -0.226. The van der Waals surface area contributed by atoms with Crippen LogP contribution in [0.4, 0.5) is 0 Å². The molecule has 5 heteroatoms. The molecule has 54 valence electrons. The summed E-state index contributed by atoms with van der Waals surface area (Å²) in [4.78, 5) is 14.3. The second-order valence-corrected chi connectivity index (χ2v) is 1.85. The summed E-state index contributed by atoms with van der Waals surface area (Å²) in [5.41, 5.74) is 0. The number of hydrazine groups is 1. The highest BCUT2D eigenvalue weighted by atomic mass is 16.9. The zero-order chi connectivity index (χ0) is 7.44. The number of nitrogens with two attached hydrogens (primary N) is 1. The number of carbonyl (C=O) groups excluding carboxylic acids is 1. The molecule has 0 amide bonds. The molecule has 0 fully saturated rings. The van der Waals surface area contributed by atoms with E-state index in [1.54, 1.807) is 13.8 Å². The maximum Gasteiger partial charge on any atom is 0.328 e. The summed E-state index contributed by atoms with van der Waals surface area (Å²) in [6, 6.07) is 0. The topological polar surface area (TPSA) is 78.6 Å². The van der Waals surface area contributed by atoms with Gasteiger partial charge in [-0.1, -0.05) is 13.8 Å². The number of hydrogen-bond donors (Lipinski definition) is 1. The summed E-state index contributed by atoms with van der Waals surface area (Å²) in [7, 11) is 0. The molecule has 0 bridgehead atoms. The van der Waals surface area contributed by atoms with Crippen molar-refractivity contribution < 1.29 is 9.63 Å². The van der Waals surface area contributed by atoms with Gasteiger partial charge in [0.2, 0.25) is 0 Å². The van der Waals surface area contributed by atoms with Crippen LogP contribution in [0.5, 0.6) is 0 Å². The smallest absolute Gasteiger partial charge is 0.328 e. The van der Waals surface area contributed by atoms with Crippen LogP contribution in [-0.4, -0.2) is 11.3 Å². The van der Waals surface area contributed by atoms with E-state index < -0.39 is 5.97 Å². The van der Waals surface area contributed by atoms with Crippen molar-refractivity contribution in [1.82, 2.24) is 5.34 Å². The molecule has 0 saturated heterocycles. The zero-order valence-corrected chi connectivity index (χ0v) is 5.33. The fraction of sp³-hybridized carbons (Fsp3) is 0.750. The summed E-state index contributed by atoms with van der Waals surface area (Å²) in [5.74, 6) is 3.51. The third-order valence-corrected chi connectivity index (χ3v) is 0.651. The Hall–Kier alpha value is -0.650. The van der Waals surface area contributed by atoms with E-state index in [1.807, 2.05) is 0 Å². The van der Waals surface area contributed by atoms with Gasteiger partial charge < -0.3 is 10.0 Å². The lowest BCUT2D eigenvalue weighted by atomic mass is 10.2. The molecule has 0 aromatic rings. The first-order valence-corrected chi connectivity index (χ1v) is 2.47. The molecule has 0 aliphatic rings. The average molecular weight is 133 g/mol. The summed E-state index contributed by atoms with van der Waals surface area (Å²) < 4.78 is 0. The summed E-state index contributed by atoms with van der Waals surface area (Å²) in [5, 5.41) is 9.45. The Morgan fingerprint density at radius 2 is 2.22 bits per heavy atom. The van der Waals surface area contributed by atoms with Crippen LogP contribution in [0.25, 0.3) is 0 Å². The van der Waals surface area contributed by atoms with Crippen molar-refractivity contribution in [3.8, 4) is 0 Å². The van der Waals surface area contributed by atoms with Gasteiger partial charge in [0.25, 0.3) is 0 Å². The average Bonchev–Trinajstić information content (AvgIpc) is 1.63. The molecule has 9 heavy (non-hydrogen) atoms. The first-order valence-electron chi connectivity index (χ1n) is 2.47. The van der Waals surface area contributed by atoms with Gasteiger partial charge in [-0.2, -0.15) is 0 Å². The molecular weight excluding hydrogens is 124 g/mol. The number of hydrogen-bond acceptors (Lipinski definition) is 5. The number of nitrogens with zero attached hydrogens (tertiary/aromatic N) is 1. The Kier molecular flexibility index (Phi) is 3.15.